The summed E-state index contributed by atoms with van der Waals surface area (Å²) in [6, 6.07) is 0. The SMILES string of the molecule is CCCN(CC(=O)OCC)c1c([N+](=O)[O-])nc(C)n1C. The number of imidazole rings is 1. The van der Waals surface area contributed by atoms with Gasteiger partial charge in [0.2, 0.25) is 11.6 Å². The fourth-order valence-corrected chi connectivity index (χ4v) is 1.95. The largest absolute Gasteiger partial charge is 0.465 e. The summed E-state index contributed by atoms with van der Waals surface area (Å²) in [6.45, 7) is 6.11. The van der Waals surface area contributed by atoms with Gasteiger partial charge in [0.1, 0.15) is 6.54 Å². The lowest BCUT2D eigenvalue weighted by molar-refractivity contribution is -0.388. The molecule has 8 heteroatoms. The van der Waals surface area contributed by atoms with E-state index < -0.39 is 10.9 Å². The van der Waals surface area contributed by atoms with Crippen LogP contribution in [-0.4, -0.2) is 40.1 Å². The minimum absolute atomic E-state index is 0.0263. The Morgan fingerprint density at radius 1 is 1.50 bits per heavy atom. The normalized spacial score (nSPS) is 10.4. The van der Waals surface area contributed by atoms with Crippen molar-refractivity contribution in [3.05, 3.63) is 15.9 Å². The van der Waals surface area contributed by atoms with E-state index in [-0.39, 0.29) is 19.0 Å². The Bertz CT molecular complexity index is 498. The average molecular weight is 284 g/mol. The minimum atomic E-state index is -0.532. The van der Waals surface area contributed by atoms with E-state index >= 15 is 0 Å². The van der Waals surface area contributed by atoms with Crippen LogP contribution in [0.25, 0.3) is 0 Å². The molecule has 1 heterocycles. The van der Waals surface area contributed by atoms with Gasteiger partial charge < -0.3 is 19.8 Å². The zero-order valence-electron chi connectivity index (χ0n) is 12.3. The molecule has 0 aliphatic heterocycles. The van der Waals surface area contributed by atoms with Crippen molar-refractivity contribution in [1.29, 1.82) is 0 Å². The van der Waals surface area contributed by atoms with E-state index in [0.717, 1.165) is 6.42 Å². The van der Waals surface area contributed by atoms with Crippen molar-refractivity contribution in [2.75, 3.05) is 24.6 Å². The molecule has 0 atom stereocenters. The highest BCUT2D eigenvalue weighted by atomic mass is 16.6. The number of hydrogen-bond acceptors (Lipinski definition) is 6. The maximum absolute atomic E-state index is 11.6. The first-order chi connectivity index (χ1) is 9.42. The summed E-state index contributed by atoms with van der Waals surface area (Å²) in [4.78, 5) is 27.8. The molecule has 20 heavy (non-hydrogen) atoms. The van der Waals surface area contributed by atoms with Gasteiger partial charge in [-0.1, -0.05) is 6.92 Å². The van der Waals surface area contributed by atoms with Crippen LogP contribution in [0.5, 0.6) is 0 Å². The lowest BCUT2D eigenvalue weighted by Gasteiger charge is -2.22. The second-order valence-electron chi connectivity index (χ2n) is 4.35. The highest BCUT2D eigenvalue weighted by molar-refractivity contribution is 5.76. The van der Waals surface area contributed by atoms with Gasteiger partial charge in [0.05, 0.1) is 6.61 Å². The molecular weight excluding hydrogens is 264 g/mol. The van der Waals surface area contributed by atoms with E-state index in [2.05, 4.69) is 4.98 Å². The van der Waals surface area contributed by atoms with Gasteiger partial charge >= 0.3 is 11.8 Å². The quantitative estimate of drug-likeness (QED) is 0.427. The van der Waals surface area contributed by atoms with Gasteiger partial charge in [-0.2, -0.15) is 0 Å². The number of aromatic nitrogens is 2. The molecule has 0 radical (unpaired) electrons. The van der Waals surface area contributed by atoms with Gasteiger partial charge in [0, 0.05) is 20.5 Å². The predicted molar refractivity (Wildman–Crippen MR) is 73.7 cm³/mol. The molecule has 0 aliphatic carbocycles. The second-order valence-corrected chi connectivity index (χ2v) is 4.35. The molecule has 0 N–H and O–H groups in total. The highest BCUT2D eigenvalue weighted by Crippen LogP contribution is 2.28. The van der Waals surface area contributed by atoms with Crippen molar-refractivity contribution in [3.8, 4) is 0 Å². The van der Waals surface area contributed by atoms with Gasteiger partial charge in [0.15, 0.2) is 0 Å². The third-order valence-electron chi connectivity index (χ3n) is 2.86. The molecule has 1 aromatic rings. The number of carbonyl (C=O) groups excluding carboxylic acids is 1. The molecule has 1 aromatic heterocycles. The minimum Gasteiger partial charge on any atom is -0.465 e. The summed E-state index contributed by atoms with van der Waals surface area (Å²) >= 11 is 0. The van der Waals surface area contributed by atoms with Crippen LogP contribution in [0.1, 0.15) is 26.1 Å². The number of nitrogens with zero attached hydrogens (tertiary/aromatic N) is 4. The maximum Gasteiger partial charge on any atom is 0.406 e. The van der Waals surface area contributed by atoms with E-state index in [1.807, 2.05) is 6.92 Å². The number of aryl methyl sites for hydroxylation is 1. The molecule has 0 amide bonds. The Morgan fingerprint density at radius 3 is 2.65 bits per heavy atom. The van der Waals surface area contributed by atoms with Crippen molar-refractivity contribution in [1.82, 2.24) is 9.55 Å². The maximum atomic E-state index is 11.6. The third-order valence-corrected chi connectivity index (χ3v) is 2.86. The zero-order chi connectivity index (χ0) is 15.3. The summed E-state index contributed by atoms with van der Waals surface area (Å²) in [6.07, 6.45) is 0.751. The van der Waals surface area contributed by atoms with Crippen LogP contribution >= 0.6 is 0 Å². The number of carbonyl (C=O) groups is 1. The first kappa shape index (κ1) is 15.9. The van der Waals surface area contributed by atoms with Gasteiger partial charge in [0.25, 0.3) is 0 Å². The van der Waals surface area contributed by atoms with Crippen molar-refractivity contribution in [3.63, 3.8) is 0 Å². The number of nitro groups is 1. The Balaban J connectivity index is 3.13. The van der Waals surface area contributed by atoms with Crippen molar-refractivity contribution in [2.24, 2.45) is 7.05 Å². The lowest BCUT2D eigenvalue weighted by Crippen LogP contribution is -2.33. The monoisotopic (exact) mass is 284 g/mol. The molecule has 0 spiro atoms. The lowest BCUT2D eigenvalue weighted by atomic mass is 10.4. The fourth-order valence-electron chi connectivity index (χ4n) is 1.95. The van der Waals surface area contributed by atoms with E-state index in [1.165, 1.54) is 0 Å². The predicted octanol–water partition coefficient (Wildman–Crippen LogP) is 1.42. The van der Waals surface area contributed by atoms with E-state index in [0.29, 0.717) is 18.2 Å². The Labute approximate surface area is 117 Å². The summed E-state index contributed by atoms with van der Waals surface area (Å²) in [7, 11) is 1.69. The molecule has 0 saturated carbocycles. The van der Waals surface area contributed by atoms with Gasteiger partial charge in [-0.3, -0.25) is 9.36 Å². The van der Waals surface area contributed by atoms with Gasteiger partial charge in [-0.25, -0.2) is 0 Å². The number of hydrogen-bond donors (Lipinski definition) is 0. The van der Waals surface area contributed by atoms with Crippen LogP contribution < -0.4 is 4.90 Å². The molecule has 0 bridgehead atoms. The number of anilines is 1. The Morgan fingerprint density at radius 2 is 2.15 bits per heavy atom. The van der Waals surface area contributed by atoms with Gasteiger partial charge in [-0.15, -0.1) is 0 Å². The smallest absolute Gasteiger partial charge is 0.406 e. The molecule has 0 unspecified atom stereocenters. The number of rotatable bonds is 7. The molecular formula is C12H20N4O4. The molecule has 112 valence electrons. The highest BCUT2D eigenvalue weighted by Gasteiger charge is 2.29. The van der Waals surface area contributed by atoms with Crippen LogP contribution in [0.4, 0.5) is 11.6 Å². The Kier molecular flexibility index (Phi) is 5.48. The van der Waals surface area contributed by atoms with Crippen LogP contribution in [-0.2, 0) is 16.6 Å². The molecule has 0 saturated heterocycles. The van der Waals surface area contributed by atoms with E-state index in [1.54, 1.807) is 30.4 Å². The van der Waals surface area contributed by atoms with Crippen LogP contribution in [0.15, 0.2) is 0 Å². The van der Waals surface area contributed by atoms with E-state index in [4.69, 9.17) is 4.74 Å². The summed E-state index contributed by atoms with van der Waals surface area (Å²) < 4.78 is 6.53. The van der Waals surface area contributed by atoms with Crippen LogP contribution in [0.3, 0.4) is 0 Å². The number of ether oxygens (including phenoxy) is 1. The molecule has 0 aromatic carbocycles. The average Bonchev–Trinajstić information content (AvgIpc) is 2.66. The van der Waals surface area contributed by atoms with Crippen molar-refractivity contribution < 1.29 is 14.5 Å². The fraction of sp³-hybridized carbons (Fsp3) is 0.667. The van der Waals surface area contributed by atoms with Crippen molar-refractivity contribution >= 4 is 17.6 Å². The Hall–Kier alpha value is -2.12. The number of esters is 1. The topological polar surface area (TPSA) is 90.5 Å². The van der Waals surface area contributed by atoms with Crippen LogP contribution in [0, 0.1) is 17.0 Å². The van der Waals surface area contributed by atoms with Crippen molar-refractivity contribution in [2.45, 2.75) is 27.2 Å². The first-order valence-electron chi connectivity index (χ1n) is 6.50. The first-order valence-corrected chi connectivity index (χ1v) is 6.50. The second kappa shape index (κ2) is 6.88. The standard InChI is InChI=1S/C12H20N4O4/c1-5-7-15(8-10(17)20-6-2)12-11(16(18)19)13-9(3)14(12)4/h5-8H2,1-4H3. The summed E-state index contributed by atoms with van der Waals surface area (Å²) in [5.41, 5.74) is 0. The molecule has 1 rings (SSSR count). The molecule has 8 nitrogen and oxygen atoms in total. The van der Waals surface area contributed by atoms with E-state index in [9.17, 15) is 14.9 Å². The third kappa shape index (κ3) is 3.46. The molecule has 0 aliphatic rings. The molecule has 0 fully saturated rings. The summed E-state index contributed by atoms with van der Waals surface area (Å²) in [5, 5.41) is 11.1. The van der Waals surface area contributed by atoms with Gasteiger partial charge in [-0.05, 0) is 23.3 Å². The summed E-state index contributed by atoms with van der Waals surface area (Å²) in [5.74, 6) is 0.218. The van der Waals surface area contributed by atoms with Crippen LogP contribution in [0.2, 0.25) is 0 Å². The zero-order valence-corrected chi connectivity index (χ0v) is 12.3.